The topological polar surface area (TPSA) is 54.1 Å². The zero-order chi connectivity index (χ0) is 16.1. The Hall–Kier alpha value is -2.98. The molecule has 0 radical (unpaired) electrons. The molecule has 114 valence electrons. The molecule has 1 aliphatic heterocycles. The lowest BCUT2D eigenvalue weighted by Gasteiger charge is -2.25. The van der Waals surface area contributed by atoms with Gasteiger partial charge < -0.3 is 9.80 Å². The minimum atomic E-state index is 0.697. The number of nitriles is 2. The second kappa shape index (κ2) is 6.85. The van der Waals surface area contributed by atoms with Gasteiger partial charge in [0.15, 0.2) is 0 Å². The smallest absolute Gasteiger partial charge is 0.0991 e. The minimum Gasteiger partial charge on any atom is -0.370 e. The third-order valence-corrected chi connectivity index (χ3v) is 4.22. The van der Waals surface area contributed by atoms with Crippen LogP contribution in [0.4, 0.5) is 11.4 Å². The summed E-state index contributed by atoms with van der Waals surface area (Å²) in [5.74, 6) is 0. The third kappa shape index (κ3) is 3.44. The quantitative estimate of drug-likeness (QED) is 0.855. The van der Waals surface area contributed by atoms with Crippen LogP contribution in [-0.4, -0.2) is 26.2 Å². The van der Waals surface area contributed by atoms with Gasteiger partial charge in [0.1, 0.15) is 0 Å². The molecule has 0 amide bonds. The highest BCUT2D eigenvalue weighted by Gasteiger charge is 2.15. The van der Waals surface area contributed by atoms with Crippen molar-refractivity contribution in [2.24, 2.45) is 0 Å². The van der Waals surface area contributed by atoms with Crippen LogP contribution < -0.4 is 9.80 Å². The first kappa shape index (κ1) is 14.9. The molecule has 2 aromatic rings. The van der Waals surface area contributed by atoms with Gasteiger partial charge in [-0.1, -0.05) is 0 Å². The number of rotatable bonds is 2. The summed E-state index contributed by atoms with van der Waals surface area (Å²) in [5, 5.41) is 17.8. The molecule has 0 atom stereocenters. The van der Waals surface area contributed by atoms with Crippen LogP contribution in [0.15, 0.2) is 48.5 Å². The molecule has 1 saturated heterocycles. The summed E-state index contributed by atoms with van der Waals surface area (Å²) in [6.07, 6.45) is 1.08. The molecule has 4 nitrogen and oxygen atoms in total. The zero-order valence-corrected chi connectivity index (χ0v) is 12.9. The van der Waals surface area contributed by atoms with Crippen molar-refractivity contribution in [3.05, 3.63) is 59.7 Å². The van der Waals surface area contributed by atoms with Crippen LogP contribution in [0, 0.1) is 22.7 Å². The van der Waals surface area contributed by atoms with Crippen LogP contribution in [0.25, 0.3) is 0 Å². The van der Waals surface area contributed by atoms with E-state index in [1.807, 2.05) is 48.5 Å². The molecular formula is C19H18N4. The zero-order valence-electron chi connectivity index (χ0n) is 12.9. The molecule has 0 saturated carbocycles. The van der Waals surface area contributed by atoms with Crippen LogP contribution in [0.1, 0.15) is 17.5 Å². The normalized spacial score (nSPS) is 14.7. The van der Waals surface area contributed by atoms with Crippen LogP contribution in [0.2, 0.25) is 0 Å². The molecule has 1 fully saturated rings. The van der Waals surface area contributed by atoms with Gasteiger partial charge in [0.05, 0.1) is 23.3 Å². The molecule has 2 aromatic carbocycles. The van der Waals surface area contributed by atoms with Crippen LogP contribution in [0.3, 0.4) is 0 Å². The lowest BCUT2D eigenvalue weighted by atomic mass is 10.2. The highest BCUT2D eigenvalue weighted by atomic mass is 15.2. The number of nitrogens with zero attached hydrogens (tertiary/aromatic N) is 4. The van der Waals surface area contributed by atoms with Gasteiger partial charge in [-0.15, -0.1) is 0 Å². The first-order valence-electron chi connectivity index (χ1n) is 7.80. The van der Waals surface area contributed by atoms with Crippen molar-refractivity contribution >= 4 is 11.4 Å². The molecule has 0 aliphatic carbocycles. The Morgan fingerprint density at radius 3 is 1.35 bits per heavy atom. The average Bonchev–Trinajstić information content (AvgIpc) is 2.88. The highest BCUT2D eigenvalue weighted by molar-refractivity contribution is 5.53. The standard InChI is InChI=1S/C19H18N4/c20-14-16-2-6-18(7-3-16)22-10-1-11-23(13-12-22)19-8-4-17(15-21)5-9-19/h2-9H,1,10-13H2. The Balaban J connectivity index is 1.68. The molecule has 4 heteroatoms. The summed E-state index contributed by atoms with van der Waals surface area (Å²) in [4.78, 5) is 4.73. The van der Waals surface area contributed by atoms with Crippen LogP contribution >= 0.6 is 0 Å². The third-order valence-electron chi connectivity index (χ3n) is 4.22. The molecule has 23 heavy (non-hydrogen) atoms. The Bertz CT molecular complexity index is 669. The van der Waals surface area contributed by atoms with E-state index in [0.29, 0.717) is 11.1 Å². The lowest BCUT2D eigenvalue weighted by Crippen LogP contribution is -2.30. The maximum atomic E-state index is 8.89. The summed E-state index contributed by atoms with van der Waals surface area (Å²) in [5.41, 5.74) is 3.74. The van der Waals surface area contributed by atoms with Gasteiger partial charge in [0.25, 0.3) is 0 Å². The summed E-state index contributed by atoms with van der Waals surface area (Å²) in [6.45, 7) is 3.93. The van der Waals surface area contributed by atoms with Crippen molar-refractivity contribution in [3.63, 3.8) is 0 Å². The summed E-state index contributed by atoms with van der Waals surface area (Å²) >= 11 is 0. The van der Waals surface area contributed by atoms with Crippen molar-refractivity contribution in [3.8, 4) is 12.1 Å². The Morgan fingerprint density at radius 2 is 1.00 bits per heavy atom. The minimum absolute atomic E-state index is 0.697. The molecular weight excluding hydrogens is 284 g/mol. The maximum absolute atomic E-state index is 8.89. The molecule has 0 spiro atoms. The van der Waals surface area contributed by atoms with Gasteiger partial charge in [-0.2, -0.15) is 10.5 Å². The maximum Gasteiger partial charge on any atom is 0.0991 e. The van der Waals surface area contributed by atoms with Crippen LogP contribution in [-0.2, 0) is 0 Å². The van der Waals surface area contributed by atoms with Crippen molar-refractivity contribution in [2.45, 2.75) is 6.42 Å². The fraction of sp³-hybridized carbons (Fsp3) is 0.263. The predicted molar refractivity (Wildman–Crippen MR) is 91.4 cm³/mol. The van der Waals surface area contributed by atoms with Crippen molar-refractivity contribution < 1.29 is 0 Å². The van der Waals surface area contributed by atoms with E-state index >= 15 is 0 Å². The first-order chi connectivity index (χ1) is 11.3. The Kier molecular flexibility index (Phi) is 4.45. The largest absolute Gasteiger partial charge is 0.370 e. The molecule has 0 aromatic heterocycles. The molecule has 1 aliphatic rings. The van der Waals surface area contributed by atoms with E-state index < -0.39 is 0 Å². The number of anilines is 2. The fourth-order valence-corrected chi connectivity index (χ4v) is 2.93. The predicted octanol–water partition coefficient (Wildman–Crippen LogP) is 3.15. The van der Waals surface area contributed by atoms with Gasteiger partial charge in [0, 0.05) is 37.6 Å². The molecule has 1 heterocycles. The molecule has 0 unspecified atom stereocenters. The van der Waals surface area contributed by atoms with E-state index in [9.17, 15) is 0 Å². The van der Waals surface area contributed by atoms with Gasteiger partial charge in [-0.3, -0.25) is 0 Å². The second-order valence-electron chi connectivity index (χ2n) is 5.65. The van der Waals surface area contributed by atoms with Crippen molar-refractivity contribution in [1.82, 2.24) is 0 Å². The number of benzene rings is 2. The van der Waals surface area contributed by atoms with Gasteiger partial charge in [-0.05, 0) is 55.0 Å². The van der Waals surface area contributed by atoms with E-state index in [-0.39, 0.29) is 0 Å². The molecule has 0 bridgehead atoms. The monoisotopic (exact) mass is 302 g/mol. The number of hydrogen-bond donors (Lipinski definition) is 0. The molecule has 3 rings (SSSR count). The summed E-state index contributed by atoms with van der Waals surface area (Å²) in [6, 6.07) is 19.9. The number of hydrogen-bond acceptors (Lipinski definition) is 4. The Labute approximate surface area is 136 Å². The van der Waals surface area contributed by atoms with E-state index in [4.69, 9.17) is 10.5 Å². The van der Waals surface area contributed by atoms with Crippen molar-refractivity contribution in [2.75, 3.05) is 36.0 Å². The summed E-state index contributed by atoms with van der Waals surface area (Å²) < 4.78 is 0. The van der Waals surface area contributed by atoms with E-state index in [1.54, 1.807) is 0 Å². The highest BCUT2D eigenvalue weighted by Crippen LogP contribution is 2.21. The first-order valence-corrected chi connectivity index (χ1v) is 7.80. The second-order valence-corrected chi connectivity index (χ2v) is 5.65. The lowest BCUT2D eigenvalue weighted by molar-refractivity contribution is 0.806. The molecule has 0 N–H and O–H groups in total. The van der Waals surface area contributed by atoms with Gasteiger partial charge in [-0.25, -0.2) is 0 Å². The SMILES string of the molecule is N#Cc1ccc(N2CCCN(c3ccc(C#N)cc3)CC2)cc1. The van der Waals surface area contributed by atoms with Crippen molar-refractivity contribution in [1.29, 1.82) is 10.5 Å². The van der Waals surface area contributed by atoms with E-state index in [1.165, 1.54) is 11.4 Å². The summed E-state index contributed by atoms with van der Waals surface area (Å²) in [7, 11) is 0. The van der Waals surface area contributed by atoms with E-state index in [2.05, 4.69) is 21.9 Å². The fourth-order valence-electron chi connectivity index (χ4n) is 2.93. The van der Waals surface area contributed by atoms with E-state index in [0.717, 1.165) is 32.6 Å². The van der Waals surface area contributed by atoms with Gasteiger partial charge >= 0.3 is 0 Å². The average molecular weight is 302 g/mol. The van der Waals surface area contributed by atoms with Gasteiger partial charge in [0.2, 0.25) is 0 Å². The Morgan fingerprint density at radius 1 is 0.609 bits per heavy atom. The van der Waals surface area contributed by atoms with Crippen LogP contribution in [0.5, 0.6) is 0 Å².